The molecule has 0 spiro atoms. The Morgan fingerprint density at radius 2 is 1.79 bits per heavy atom. The Hall–Kier alpha value is -2.69. The number of aromatic nitrogens is 4. The number of anilines is 2. The van der Waals surface area contributed by atoms with Crippen LogP contribution in [0, 0.1) is 0 Å². The second kappa shape index (κ2) is 8.92. The second-order valence-electron chi connectivity index (χ2n) is 9.06. The summed E-state index contributed by atoms with van der Waals surface area (Å²) >= 11 is 0. The third kappa shape index (κ3) is 4.68. The van der Waals surface area contributed by atoms with E-state index in [0.29, 0.717) is 57.0 Å². The van der Waals surface area contributed by atoms with Crippen molar-refractivity contribution in [2.75, 3.05) is 42.9 Å². The summed E-state index contributed by atoms with van der Waals surface area (Å²) in [7, 11) is 0. The SMILES string of the molecule is O=C1CCc2c(ncnc2N2CCC(c3nc(C(F)(F)F)cn3CCN3CCCC3)CC2)N1. The third-order valence-corrected chi connectivity index (χ3v) is 6.90. The molecule has 0 aliphatic carbocycles. The standard InChI is InChI=1S/C22H28F3N7O/c23-22(24,25)17-13-32(12-11-30-7-1-2-8-30)20(28-17)15-5-9-31(10-6-15)21-16-3-4-18(33)29-19(16)26-14-27-21/h13-15H,1-12H2,(H,26,27,29,33). The van der Waals surface area contributed by atoms with Crippen LogP contribution in [0.4, 0.5) is 24.8 Å². The van der Waals surface area contributed by atoms with Crippen LogP contribution in [0.2, 0.25) is 0 Å². The average Bonchev–Trinajstić information content (AvgIpc) is 3.47. The smallest absolute Gasteiger partial charge is 0.356 e. The van der Waals surface area contributed by atoms with Crippen LogP contribution in [-0.2, 0) is 23.9 Å². The highest BCUT2D eigenvalue weighted by Crippen LogP contribution is 2.36. The molecule has 0 unspecified atom stereocenters. The number of imidazole rings is 1. The Bertz CT molecular complexity index is 1010. The van der Waals surface area contributed by atoms with Crippen LogP contribution in [0.3, 0.4) is 0 Å². The number of hydrogen-bond donors (Lipinski definition) is 1. The molecule has 2 aromatic heterocycles. The maximum atomic E-state index is 13.4. The summed E-state index contributed by atoms with van der Waals surface area (Å²) in [6, 6.07) is 0. The Balaban J connectivity index is 1.31. The van der Waals surface area contributed by atoms with Gasteiger partial charge in [-0.05, 0) is 45.2 Å². The van der Waals surface area contributed by atoms with Crippen LogP contribution in [0.1, 0.15) is 55.1 Å². The third-order valence-electron chi connectivity index (χ3n) is 6.90. The number of piperidine rings is 1. The molecule has 2 fully saturated rings. The van der Waals surface area contributed by atoms with E-state index in [1.54, 1.807) is 4.57 Å². The second-order valence-corrected chi connectivity index (χ2v) is 9.06. The van der Waals surface area contributed by atoms with Crippen molar-refractivity contribution in [1.82, 2.24) is 24.4 Å². The lowest BCUT2D eigenvalue weighted by molar-refractivity contribution is -0.141. The number of fused-ring (bicyclic) bond motifs is 1. The van der Waals surface area contributed by atoms with Gasteiger partial charge in [-0.1, -0.05) is 0 Å². The molecule has 3 aliphatic heterocycles. The fourth-order valence-electron chi connectivity index (χ4n) is 5.12. The number of nitrogens with zero attached hydrogens (tertiary/aromatic N) is 6. The van der Waals surface area contributed by atoms with Gasteiger partial charge in [-0.3, -0.25) is 4.79 Å². The fraction of sp³-hybridized carbons (Fsp3) is 0.636. The molecule has 2 saturated heterocycles. The van der Waals surface area contributed by atoms with Gasteiger partial charge < -0.3 is 19.7 Å². The van der Waals surface area contributed by atoms with Gasteiger partial charge in [0.05, 0.1) is 0 Å². The van der Waals surface area contributed by atoms with Crippen molar-refractivity contribution >= 4 is 17.5 Å². The fourth-order valence-corrected chi connectivity index (χ4v) is 5.12. The lowest BCUT2D eigenvalue weighted by Crippen LogP contribution is -2.36. The Kier molecular flexibility index (Phi) is 5.98. The first kappa shape index (κ1) is 22.1. The molecular weight excluding hydrogens is 435 g/mol. The van der Waals surface area contributed by atoms with Crippen molar-refractivity contribution in [3.8, 4) is 0 Å². The zero-order valence-electron chi connectivity index (χ0n) is 18.4. The number of carbonyl (C=O) groups excluding carboxylic acids is 1. The predicted molar refractivity (Wildman–Crippen MR) is 116 cm³/mol. The Morgan fingerprint density at radius 1 is 1.03 bits per heavy atom. The molecule has 0 aromatic carbocycles. The van der Waals surface area contributed by atoms with Gasteiger partial charge in [0.2, 0.25) is 5.91 Å². The first-order chi connectivity index (χ1) is 15.9. The van der Waals surface area contributed by atoms with E-state index in [0.717, 1.165) is 43.9 Å². The number of carbonyl (C=O) groups is 1. The maximum absolute atomic E-state index is 13.4. The maximum Gasteiger partial charge on any atom is 0.434 e. The van der Waals surface area contributed by atoms with Crippen molar-refractivity contribution in [2.24, 2.45) is 0 Å². The van der Waals surface area contributed by atoms with Crippen molar-refractivity contribution < 1.29 is 18.0 Å². The summed E-state index contributed by atoms with van der Waals surface area (Å²) in [4.78, 5) is 28.8. The summed E-state index contributed by atoms with van der Waals surface area (Å²) in [6.07, 6.45) is 2.88. The molecule has 178 valence electrons. The van der Waals surface area contributed by atoms with Crippen molar-refractivity contribution in [2.45, 2.75) is 57.2 Å². The molecule has 3 aliphatic rings. The van der Waals surface area contributed by atoms with Gasteiger partial charge in [0, 0.05) is 50.3 Å². The summed E-state index contributed by atoms with van der Waals surface area (Å²) in [6.45, 7) is 4.64. The van der Waals surface area contributed by atoms with Gasteiger partial charge in [-0.2, -0.15) is 13.2 Å². The molecule has 5 heterocycles. The van der Waals surface area contributed by atoms with Crippen LogP contribution in [-0.4, -0.2) is 63.0 Å². The number of amides is 1. The summed E-state index contributed by atoms with van der Waals surface area (Å²) in [5, 5.41) is 2.79. The highest BCUT2D eigenvalue weighted by Gasteiger charge is 2.37. The molecular formula is C22H28F3N7O. The molecule has 11 heteroatoms. The molecule has 2 aromatic rings. The molecule has 0 radical (unpaired) electrons. The van der Waals surface area contributed by atoms with Crippen LogP contribution >= 0.6 is 0 Å². The topological polar surface area (TPSA) is 79.2 Å². The molecule has 0 bridgehead atoms. The zero-order valence-corrected chi connectivity index (χ0v) is 18.4. The minimum atomic E-state index is -4.45. The number of nitrogens with one attached hydrogen (secondary N) is 1. The minimum Gasteiger partial charge on any atom is -0.356 e. The molecule has 0 saturated carbocycles. The monoisotopic (exact) mass is 463 g/mol. The Labute approximate surface area is 190 Å². The van der Waals surface area contributed by atoms with Crippen molar-refractivity contribution in [3.05, 3.63) is 29.6 Å². The average molecular weight is 464 g/mol. The lowest BCUT2D eigenvalue weighted by atomic mass is 9.95. The van der Waals surface area contributed by atoms with Gasteiger partial charge in [-0.15, -0.1) is 0 Å². The van der Waals surface area contributed by atoms with E-state index < -0.39 is 11.9 Å². The quantitative estimate of drug-likeness (QED) is 0.734. The number of hydrogen-bond acceptors (Lipinski definition) is 6. The summed E-state index contributed by atoms with van der Waals surface area (Å²) in [5.74, 6) is 1.83. The highest BCUT2D eigenvalue weighted by molar-refractivity contribution is 5.93. The van der Waals surface area contributed by atoms with Crippen LogP contribution in [0.15, 0.2) is 12.5 Å². The van der Waals surface area contributed by atoms with Gasteiger partial charge in [-0.25, -0.2) is 15.0 Å². The molecule has 33 heavy (non-hydrogen) atoms. The largest absolute Gasteiger partial charge is 0.434 e. The summed E-state index contributed by atoms with van der Waals surface area (Å²) < 4.78 is 42.0. The van der Waals surface area contributed by atoms with Crippen molar-refractivity contribution in [1.29, 1.82) is 0 Å². The molecule has 5 rings (SSSR count). The van der Waals surface area contributed by atoms with Gasteiger partial charge >= 0.3 is 6.18 Å². The molecule has 1 amide bonds. The molecule has 1 N–H and O–H groups in total. The molecule has 0 atom stereocenters. The first-order valence-corrected chi connectivity index (χ1v) is 11.6. The normalized spacial score (nSPS) is 20.2. The predicted octanol–water partition coefficient (Wildman–Crippen LogP) is 3.06. The number of halogens is 3. The highest BCUT2D eigenvalue weighted by atomic mass is 19.4. The van der Waals surface area contributed by atoms with E-state index in [1.807, 2.05) is 0 Å². The van der Waals surface area contributed by atoms with E-state index in [-0.39, 0.29) is 11.8 Å². The van der Waals surface area contributed by atoms with E-state index in [1.165, 1.54) is 12.5 Å². The minimum absolute atomic E-state index is 0.0340. The van der Waals surface area contributed by atoms with Gasteiger partial charge in [0.1, 0.15) is 23.8 Å². The number of rotatable bonds is 5. The van der Waals surface area contributed by atoms with E-state index in [9.17, 15) is 18.0 Å². The number of alkyl halides is 3. The van der Waals surface area contributed by atoms with E-state index in [4.69, 9.17) is 0 Å². The van der Waals surface area contributed by atoms with Crippen LogP contribution < -0.4 is 10.2 Å². The van der Waals surface area contributed by atoms with Gasteiger partial charge in [0.25, 0.3) is 0 Å². The van der Waals surface area contributed by atoms with E-state index in [2.05, 4.69) is 30.1 Å². The lowest BCUT2D eigenvalue weighted by Gasteiger charge is -2.34. The van der Waals surface area contributed by atoms with E-state index >= 15 is 0 Å². The van der Waals surface area contributed by atoms with Crippen LogP contribution in [0.5, 0.6) is 0 Å². The summed E-state index contributed by atoms with van der Waals surface area (Å²) in [5.41, 5.74) is 0.129. The first-order valence-electron chi connectivity index (χ1n) is 11.6. The molecule has 8 nitrogen and oxygen atoms in total. The Morgan fingerprint density at radius 3 is 2.52 bits per heavy atom. The number of likely N-dealkylation sites (tertiary alicyclic amines) is 1. The zero-order chi connectivity index (χ0) is 23.0. The van der Waals surface area contributed by atoms with Gasteiger partial charge in [0.15, 0.2) is 5.69 Å². The van der Waals surface area contributed by atoms with Crippen molar-refractivity contribution in [3.63, 3.8) is 0 Å². The van der Waals surface area contributed by atoms with Crippen LogP contribution in [0.25, 0.3) is 0 Å².